The Kier molecular flexibility index (Phi) is 8.07. The molecular formula is C16H27NO3. The van der Waals surface area contributed by atoms with E-state index in [9.17, 15) is 0 Å². The van der Waals surface area contributed by atoms with Gasteiger partial charge in [0.15, 0.2) is 0 Å². The summed E-state index contributed by atoms with van der Waals surface area (Å²) in [4.78, 5) is 0. The van der Waals surface area contributed by atoms with Crippen molar-refractivity contribution >= 4 is 0 Å². The number of benzene rings is 1. The first kappa shape index (κ1) is 16.8. The molecule has 0 aromatic heterocycles. The molecule has 0 amide bonds. The summed E-state index contributed by atoms with van der Waals surface area (Å²) >= 11 is 0. The van der Waals surface area contributed by atoms with Gasteiger partial charge in [0.05, 0.1) is 14.2 Å². The fourth-order valence-electron chi connectivity index (χ4n) is 2.26. The number of rotatable bonds is 10. The van der Waals surface area contributed by atoms with E-state index in [-0.39, 0.29) is 6.04 Å². The van der Waals surface area contributed by atoms with Gasteiger partial charge in [0.2, 0.25) is 0 Å². The lowest BCUT2D eigenvalue weighted by Gasteiger charge is -2.21. The van der Waals surface area contributed by atoms with Crippen LogP contribution in [0.2, 0.25) is 0 Å². The van der Waals surface area contributed by atoms with Crippen molar-refractivity contribution in [1.29, 1.82) is 0 Å². The van der Waals surface area contributed by atoms with Gasteiger partial charge in [-0.1, -0.05) is 6.92 Å². The number of nitrogens with one attached hydrogen (secondary N) is 1. The van der Waals surface area contributed by atoms with Crippen molar-refractivity contribution < 1.29 is 14.2 Å². The van der Waals surface area contributed by atoms with E-state index in [4.69, 9.17) is 14.2 Å². The maximum atomic E-state index is 5.47. The lowest BCUT2D eigenvalue weighted by Crippen LogP contribution is -2.22. The van der Waals surface area contributed by atoms with Gasteiger partial charge in [-0.25, -0.2) is 0 Å². The van der Waals surface area contributed by atoms with Gasteiger partial charge in [-0.15, -0.1) is 0 Å². The second-order valence-corrected chi connectivity index (χ2v) is 4.56. The smallest absolute Gasteiger partial charge is 0.123 e. The number of ether oxygens (including phenoxy) is 3. The molecule has 4 heteroatoms. The van der Waals surface area contributed by atoms with Crippen LogP contribution in [-0.4, -0.2) is 34.0 Å². The highest BCUT2D eigenvalue weighted by molar-refractivity contribution is 5.42. The maximum Gasteiger partial charge on any atom is 0.123 e. The Bertz CT molecular complexity index is 382. The highest BCUT2D eigenvalue weighted by Gasteiger charge is 2.16. The van der Waals surface area contributed by atoms with Crippen LogP contribution in [0.1, 0.15) is 38.3 Å². The molecule has 1 N–H and O–H groups in total. The molecule has 1 rings (SSSR count). The van der Waals surface area contributed by atoms with Crippen molar-refractivity contribution in [1.82, 2.24) is 5.32 Å². The first-order valence-corrected chi connectivity index (χ1v) is 7.29. The zero-order chi connectivity index (χ0) is 14.8. The van der Waals surface area contributed by atoms with Crippen molar-refractivity contribution in [2.75, 3.05) is 34.0 Å². The van der Waals surface area contributed by atoms with Crippen LogP contribution in [0.25, 0.3) is 0 Å². The molecule has 1 aromatic rings. The summed E-state index contributed by atoms with van der Waals surface area (Å²) in [6.45, 7) is 6.62. The van der Waals surface area contributed by atoms with E-state index >= 15 is 0 Å². The van der Waals surface area contributed by atoms with Crippen molar-refractivity contribution in [2.45, 2.75) is 32.7 Å². The minimum Gasteiger partial charge on any atom is -0.497 e. The van der Waals surface area contributed by atoms with E-state index in [0.717, 1.165) is 49.7 Å². The summed E-state index contributed by atoms with van der Waals surface area (Å²) in [5.41, 5.74) is 1.14. The number of methoxy groups -OCH3 is 2. The Hall–Kier alpha value is -1.26. The van der Waals surface area contributed by atoms with Gasteiger partial charge >= 0.3 is 0 Å². The summed E-state index contributed by atoms with van der Waals surface area (Å²) in [6.07, 6.45) is 2.03. The van der Waals surface area contributed by atoms with Gasteiger partial charge < -0.3 is 19.5 Å². The van der Waals surface area contributed by atoms with Gasteiger partial charge in [0.25, 0.3) is 0 Å². The Labute approximate surface area is 122 Å². The summed E-state index contributed by atoms with van der Waals surface area (Å²) in [6, 6.07) is 6.19. The van der Waals surface area contributed by atoms with E-state index in [2.05, 4.69) is 12.2 Å². The predicted octanol–water partition coefficient (Wildman–Crippen LogP) is 3.17. The zero-order valence-corrected chi connectivity index (χ0v) is 13.1. The monoisotopic (exact) mass is 281 g/mol. The van der Waals surface area contributed by atoms with Crippen molar-refractivity contribution in [3.8, 4) is 11.5 Å². The highest BCUT2D eigenvalue weighted by Crippen LogP contribution is 2.31. The molecule has 1 atom stereocenters. The molecule has 1 aromatic carbocycles. The second-order valence-electron chi connectivity index (χ2n) is 4.56. The Morgan fingerprint density at radius 2 is 1.95 bits per heavy atom. The van der Waals surface area contributed by atoms with Gasteiger partial charge in [0.1, 0.15) is 11.5 Å². The lowest BCUT2D eigenvalue weighted by molar-refractivity contribution is 0.140. The van der Waals surface area contributed by atoms with E-state index in [1.54, 1.807) is 14.2 Å². The van der Waals surface area contributed by atoms with Crippen LogP contribution in [0, 0.1) is 0 Å². The summed E-state index contributed by atoms with van der Waals surface area (Å²) in [5, 5.41) is 3.51. The van der Waals surface area contributed by atoms with Crippen LogP contribution < -0.4 is 14.8 Å². The molecule has 0 aliphatic rings. The number of hydrogen-bond donors (Lipinski definition) is 1. The Morgan fingerprint density at radius 1 is 1.15 bits per heavy atom. The van der Waals surface area contributed by atoms with E-state index in [0.29, 0.717) is 0 Å². The molecule has 20 heavy (non-hydrogen) atoms. The maximum absolute atomic E-state index is 5.47. The molecule has 0 radical (unpaired) electrons. The molecule has 1 unspecified atom stereocenters. The van der Waals surface area contributed by atoms with E-state index in [1.165, 1.54) is 0 Å². The standard InChI is InChI=1S/C16H27NO3/c1-5-17-15(8-7-11-20-6-2)14-12-13(18-3)9-10-16(14)19-4/h9-10,12,15,17H,5-8,11H2,1-4H3. The lowest BCUT2D eigenvalue weighted by atomic mass is 10.0. The average molecular weight is 281 g/mol. The van der Waals surface area contributed by atoms with Crippen LogP contribution in [0.3, 0.4) is 0 Å². The minimum absolute atomic E-state index is 0.255. The van der Waals surface area contributed by atoms with Crippen LogP contribution in [0.5, 0.6) is 11.5 Å². The molecule has 114 valence electrons. The normalized spacial score (nSPS) is 12.2. The summed E-state index contributed by atoms with van der Waals surface area (Å²) in [7, 11) is 3.39. The van der Waals surface area contributed by atoms with Crippen molar-refractivity contribution in [3.63, 3.8) is 0 Å². The predicted molar refractivity (Wildman–Crippen MR) is 81.7 cm³/mol. The Morgan fingerprint density at radius 3 is 2.55 bits per heavy atom. The van der Waals surface area contributed by atoms with Gasteiger partial charge in [-0.3, -0.25) is 0 Å². The third-order valence-electron chi connectivity index (χ3n) is 3.25. The summed E-state index contributed by atoms with van der Waals surface area (Å²) in [5.74, 6) is 1.75. The van der Waals surface area contributed by atoms with Crippen LogP contribution in [-0.2, 0) is 4.74 Å². The van der Waals surface area contributed by atoms with Gasteiger partial charge in [-0.2, -0.15) is 0 Å². The third-order valence-corrected chi connectivity index (χ3v) is 3.25. The second kappa shape index (κ2) is 9.61. The molecule has 4 nitrogen and oxygen atoms in total. The Balaban J connectivity index is 2.82. The van der Waals surface area contributed by atoms with E-state index < -0.39 is 0 Å². The van der Waals surface area contributed by atoms with Crippen molar-refractivity contribution in [3.05, 3.63) is 23.8 Å². The van der Waals surface area contributed by atoms with E-state index in [1.807, 2.05) is 25.1 Å². The molecule has 0 bridgehead atoms. The molecule has 0 spiro atoms. The topological polar surface area (TPSA) is 39.7 Å². The van der Waals surface area contributed by atoms with Crippen LogP contribution >= 0.6 is 0 Å². The molecule has 0 saturated carbocycles. The molecular weight excluding hydrogens is 254 g/mol. The minimum atomic E-state index is 0.255. The largest absolute Gasteiger partial charge is 0.497 e. The summed E-state index contributed by atoms with van der Waals surface area (Å²) < 4.78 is 16.2. The first-order chi connectivity index (χ1) is 9.76. The average Bonchev–Trinajstić information content (AvgIpc) is 2.49. The van der Waals surface area contributed by atoms with Gasteiger partial charge in [0, 0.05) is 24.8 Å². The fourth-order valence-corrected chi connectivity index (χ4v) is 2.26. The quantitative estimate of drug-likeness (QED) is 0.669. The zero-order valence-electron chi connectivity index (χ0n) is 13.1. The van der Waals surface area contributed by atoms with Crippen LogP contribution in [0.4, 0.5) is 0 Å². The van der Waals surface area contributed by atoms with Crippen molar-refractivity contribution in [2.24, 2.45) is 0 Å². The molecule has 0 aliphatic heterocycles. The SMILES string of the molecule is CCNC(CCCOCC)c1cc(OC)ccc1OC. The first-order valence-electron chi connectivity index (χ1n) is 7.29. The third kappa shape index (κ3) is 5.02. The molecule has 0 heterocycles. The molecule has 0 fully saturated rings. The fraction of sp³-hybridized carbons (Fsp3) is 0.625. The molecule has 0 saturated heterocycles. The highest BCUT2D eigenvalue weighted by atomic mass is 16.5. The molecule has 0 aliphatic carbocycles. The number of hydrogen-bond acceptors (Lipinski definition) is 4. The van der Waals surface area contributed by atoms with Gasteiger partial charge in [-0.05, 0) is 44.5 Å². The van der Waals surface area contributed by atoms with Crippen LogP contribution in [0.15, 0.2) is 18.2 Å².